The minimum absolute atomic E-state index is 0.0968. The summed E-state index contributed by atoms with van der Waals surface area (Å²) >= 11 is 0. The smallest absolute Gasteiger partial charge is 0.332 e. The van der Waals surface area contributed by atoms with Crippen LogP contribution in [0.3, 0.4) is 0 Å². The third-order valence-electron chi connectivity index (χ3n) is 3.83. The van der Waals surface area contributed by atoms with Crippen molar-refractivity contribution in [2.75, 3.05) is 13.2 Å². The number of amides is 1. The highest BCUT2D eigenvalue weighted by molar-refractivity contribution is 5.87. The summed E-state index contributed by atoms with van der Waals surface area (Å²) in [4.78, 5) is 34.1. The second-order valence-electron chi connectivity index (χ2n) is 7.52. The Morgan fingerprint density at radius 2 is 1.85 bits per heavy atom. The van der Waals surface area contributed by atoms with Crippen LogP contribution >= 0.6 is 0 Å². The summed E-state index contributed by atoms with van der Waals surface area (Å²) < 4.78 is 9.94. The number of aliphatic hydroxyl groups is 1. The fourth-order valence-corrected chi connectivity index (χ4v) is 2.25. The number of rotatable bonds is 7. The molecule has 1 aliphatic rings. The van der Waals surface area contributed by atoms with Gasteiger partial charge in [-0.1, -0.05) is 13.8 Å². The van der Waals surface area contributed by atoms with E-state index in [2.05, 4.69) is 10.6 Å². The van der Waals surface area contributed by atoms with Gasteiger partial charge in [0, 0.05) is 0 Å². The number of aliphatic hydroxyl groups excluding tert-OH is 1. The highest BCUT2D eigenvalue weighted by Gasteiger charge is 2.27. The average molecular weight is 389 g/mol. The fourth-order valence-electron chi connectivity index (χ4n) is 2.25. The molecule has 0 aliphatic carbocycles. The van der Waals surface area contributed by atoms with Crippen molar-refractivity contribution in [3.63, 3.8) is 0 Å². The van der Waals surface area contributed by atoms with Gasteiger partial charge in [-0.3, -0.25) is 4.79 Å². The lowest BCUT2D eigenvalue weighted by atomic mass is 10.1. The molecule has 0 aromatic rings. The lowest BCUT2D eigenvalue weighted by molar-refractivity contribution is -0.158. The van der Waals surface area contributed by atoms with Crippen molar-refractivity contribution in [2.45, 2.75) is 91.0 Å². The van der Waals surface area contributed by atoms with Crippen molar-refractivity contribution in [2.24, 2.45) is 0 Å². The molecule has 0 aromatic carbocycles. The minimum Gasteiger partial charge on any atom is -0.461 e. The van der Waals surface area contributed by atoms with E-state index >= 15 is 0 Å². The summed E-state index contributed by atoms with van der Waals surface area (Å²) in [6.07, 6.45) is 3.07. The van der Waals surface area contributed by atoms with E-state index in [4.69, 9.17) is 14.6 Å². The molecular formula is C19H36N2O6. The molecule has 1 heterocycles. The maximum absolute atomic E-state index is 11.9. The van der Waals surface area contributed by atoms with E-state index in [1.54, 1.807) is 20.8 Å². The normalized spacial score (nSPS) is 18.6. The monoisotopic (exact) mass is 388 g/mol. The van der Waals surface area contributed by atoms with Crippen LogP contribution in [0.25, 0.3) is 0 Å². The first-order chi connectivity index (χ1) is 12.5. The summed E-state index contributed by atoms with van der Waals surface area (Å²) in [6.45, 7) is 11.3. The lowest BCUT2D eigenvalue weighted by Crippen LogP contribution is -2.48. The quantitative estimate of drug-likeness (QED) is 0.563. The van der Waals surface area contributed by atoms with Gasteiger partial charge in [-0.25, -0.2) is 9.59 Å². The zero-order valence-corrected chi connectivity index (χ0v) is 17.5. The standard InChI is InChI=1S/C13H24N2O3.C6H12O3/c1-4-9(3)18-13(17)10(5-2)15-12(16)11-7-6-8-14-11;1-6(2,3)9-5(8)4-7/h9-11,14H,4-8H2,1-3H3,(H,15,16);7H,4H2,1-3H3/t9?,10-,11-;/m0./s1. The topological polar surface area (TPSA) is 114 Å². The number of hydrogen-bond acceptors (Lipinski definition) is 7. The van der Waals surface area contributed by atoms with Crippen LogP contribution in [0.1, 0.15) is 67.2 Å². The third kappa shape index (κ3) is 11.6. The second-order valence-corrected chi connectivity index (χ2v) is 7.52. The Hall–Kier alpha value is -1.67. The first-order valence-corrected chi connectivity index (χ1v) is 9.60. The van der Waals surface area contributed by atoms with E-state index < -0.39 is 24.2 Å². The van der Waals surface area contributed by atoms with Crippen molar-refractivity contribution in [1.29, 1.82) is 0 Å². The number of carbonyl (C=O) groups excluding carboxylic acids is 3. The molecule has 3 atom stereocenters. The van der Waals surface area contributed by atoms with Gasteiger partial charge in [0.25, 0.3) is 0 Å². The number of nitrogens with one attached hydrogen (secondary N) is 2. The first-order valence-electron chi connectivity index (χ1n) is 9.60. The highest BCUT2D eigenvalue weighted by atomic mass is 16.6. The van der Waals surface area contributed by atoms with Gasteiger partial charge >= 0.3 is 11.9 Å². The predicted octanol–water partition coefficient (Wildman–Crippen LogP) is 1.30. The molecule has 1 saturated heterocycles. The Balaban J connectivity index is 0.000000636. The van der Waals surface area contributed by atoms with Crippen LogP contribution < -0.4 is 10.6 Å². The van der Waals surface area contributed by atoms with E-state index in [1.807, 2.05) is 20.8 Å². The van der Waals surface area contributed by atoms with Crippen LogP contribution in [0.2, 0.25) is 0 Å². The molecular weight excluding hydrogens is 352 g/mol. The molecule has 0 aromatic heterocycles. The van der Waals surface area contributed by atoms with Crippen molar-refractivity contribution in [3.8, 4) is 0 Å². The van der Waals surface area contributed by atoms with Gasteiger partial charge in [0.2, 0.25) is 5.91 Å². The molecule has 1 unspecified atom stereocenters. The summed E-state index contributed by atoms with van der Waals surface area (Å²) in [6, 6.07) is -0.690. The third-order valence-corrected chi connectivity index (χ3v) is 3.83. The molecule has 1 amide bonds. The van der Waals surface area contributed by atoms with E-state index in [0.29, 0.717) is 6.42 Å². The van der Waals surface area contributed by atoms with Crippen molar-refractivity contribution in [1.82, 2.24) is 10.6 Å². The van der Waals surface area contributed by atoms with Gasteiger partial charge in [0.15, 0.2) is 0 Å². The summed E-state index contributed by atoms with van der Waals surface area (Å²) in [7, 11) is 0. The summed E-state index contributed by atoms with van der Waals surface area (Å²) in [5.41, 5.74) is -0.486. The van der Waals surface area contributed by atoms with Crippen LogP contribution in [-0.2, 0) is 23.9 Å². The Labute approximate surface area is 162 Å². The van der Waals surface area contributed by atoms with Crippen LogP contribution in [-0.4, -0.2) is 59.9 Å². The molecule has 8 heteroatoms. The molecule has 8 nitrogen and oxygen atoms in total. The number of esters is 2. The van der Waals surface area contributed by atoms with Gasteiger partial charge in [-0.05, 0) is 59.9 Å². The van der Waals surface area contributed by atoms with E-state index in [1.165, 1.54) is 0 Å². The van der Waals surface area contributed by atoms with E-state index in [9.17, 15) is 14.4 Å². The Kier molecular flexibility index (Phi) is 11.9. The largest absolute Gasteiger partial charge is 0.461 e. The number of carbonyl (C=O) groups is 3. The van der Waals surface area contributed by atoms with E-state index in [-0.39, 0.29) is 24.0 Å². The van der Waals surface area contributed by atoms with Crippen LogP contribution in [0.15, 0.2) is 0 Å². The van der Waals surface area contributed by atoms with Gasteiger partial charge in [0.05, 0.1) is 12.1 Å². The average Bonchev–Trinajstić information content (AvgIpc) is 3.12. The molecule has 0 spiro atoms. The van der Waals surface area contributed by atoms with Gasteiger partial charge in [0.1, 0.15) is 18.2 Å². The van der Waals surface area contributed by atoms with Gasteiger partial charge in [-0.15, -0.1) is 0 Å². The highest BCUT2D eigenvalue weighted by Crippen LogP contribution is 2.07. The number of hydrogen-bond donors (Lipinski definition) is 3. The summed E-state index contributed by atoms with van der Waals surface area (Å²) in [5.74, 6) is -1.01. The van der Waals surface area contributed by atoms with Crippen molar-refractivity contribution < 1.29 is 29.0 Å². The van der Waals surface area contributed by atoms with Gasteiger partial charge < -0.3 is 25.2 Å². The summed E-state index contributed by atoms with van der Waals surface area (Å²) in [5, 5.41) is 14.1. The Morgan fingerprint density at radius 1 is 1.22 bits per heavy atom. The van der Waals surface area contributed by atoms with Gasteiger partial charge in [-0.2, -0.15) is 0 Å². The zero-order chi connectivity index (χ0) is 21.0. The molecule has 3 N–H and O–H groups in total. The molecule has 158 valence electrons. The Bertz CT molecular complexity index is 469. The predicted molar refractivity (Wildman–Crippen MR) is 102 cm³/mol. The maximum Gasteiger partial charge on any atom is 0.332 e. The second kappa shape index (κ2) is 12.7. The maximum atomic E-state index is 11.9. The van der Waals surface area contributed by atoms with Crippen molar-refractivity contribution >= 4 is 17.8 Å². The van der Waals surface area contributed by atoms with Crippen LogP contribution in [0.5, 0.6) is 0 Å². The van der Waals surface area contributed by atoms with Crippen molar-refractivity contribution in [3.05, 3.63) is 0 Å². The molecule has 1 aliphatic heterocycles. The Morgan fingerprint density at radius 3 is 2.22 bits per heavy atom. The number of ether oxygens (including phenoxy) is 2. The zero-order valence-electron chi connectivity index (χ0n) is 17.5. The van der Waals surface area contributed by atoms with Crippen LogP contribution in [0.4, 0.5) is 0 Å². The fraction of sp³-hybridized carbons (Fsp3) is 0.842. The molecule has 0 saturated carbocycles. The molecule has 27 heavy (non-hydrogen) atoms. The molecule has 0 bridgehead atoms. The SMILES string of the molecule is CC(C)(C)OC(=O)CO.CCC(C)OC(=O)[C@H](CC)NC(=O)[C@@H]1CCCN1. The molecule has 0 radical (unpaired) electrons. The first kappa shape index (κ1) is 25.3. The van der Waals surface area contributed by atoms with E-state index in [0.717, 1.165) is 25.8 Å². The molecule has 1 rings (SSSR count). The molecule has 1 fully saturated rings. The van der Waals surface area contributed by atoms with Crippen LogP contribution in [0, 0.1) is 0 Å². The lowest BCUT2D eigenvalue weighted by Gasteiger charge is -2.20. The minimum atomic E-state index is -0.581.